The minimum absolute atomic E-state index is 0.215. The average molecular weight is 250 g/mol. The molecule has 1 heterocycles. The first-order valence-electron chi connectivity index (χ1n) is 6.30. The van der Waals surface area contributed by atoms with Crippen LogP contribution in [0.15, 0.2) is 23.6 Å². The number of carbonyl (C=O) groups excluding carboxylic acids is 1. The number of hydrogen-bond acceptors (Lipinski definition) is 2. The number of hydrogen-bond donors (Lipinski definition) is 2. The summed E-state index contributed by atoms with van der Waals surface area (Å²) in [6.07, 6.45) is 4.85. The van der Waals surface area contributed by atoms with Gasteiger partial charge in [-0.3, -0.25) is 9.59 Å². The zero-order valence-electron chi connectivity index (χ0n) is 11.4. The lowest BCUT2D eigenvalue weighted by atomic mass is 10.0. The van der Waals surface area contributed by atoms with Crippen molar-refractivity contribution in [2.24, 2.45) is 0 Å². The molecule has 0 unspecified atom stereocenters. The molecule has 0 aromatic carbocycles. The lowest BCUT2D eigenvalue weighted by Gasteiger charge is -2.09. The van der Waals surface area contributed by atoms with Crippen LogP contribution in [0.1, 0.15) is 45.6 Å². The number of pyridine rings is 1. The van der Waals surface area contributed by atoms with Crippen LogP contribution >= 0.6 is 0 Å². The summed E-state index contributed by atoms with van der Waals surface area (Å²) in [5.41, 5.74) is 1.53. The van der Waals surface area contributed by atoms with Gasteiger partial charge in [-0.05, 0) is 24.5 Å². The van der Waals surface area contributed by atoms with Gasteiger partial charge in [0, 0.05) is 6.20 Å². The summed E-state index contributed by atoms with van der Waals surface area (Å²) in [6, 6.07) is 1.66. The number of H-pyrrole nitrogens is 1. The number of rotatable bonds is 6. The minimum Gasteiger partial charge on any atom is -0.328 e. The van der Waals surface area contributed by atoms with E-state index in [0.29, 0.717) is 17.7 Å². The van der Waals surface area contributed by atoms with Gasteiger partial charge in [0.25, 0.3) is 5.56 Å². The van der Waals surface area contributed by atoms with E-state index in [1.807, 2.05) is 13.8 Å². The van der Waals surface area contributed by atoms with E-state index in [2.05, 4.69) is 23.8 Å². The maximum atomic E-state index is 11.6. The fourth-order valence-corrected chi connectivity index (χ4v) is 1.53. The molecule has 1 aromatic rings. The second-order valence-corrected chi connectivity index (χ2v) is 3.56. The number of aromatic amines is 1. The van der Waals surface area contributed by atoms with E-state index in [9.17, 15) is 9.59 Å². The van der Waals surface area contributed by atoms with E-state index in [-0.39, 0.29) is 5.56 Å². The molecule has 0 aliphatic carbocycles. The Labute approximate surface area is 108 Å². The van der Waals surface area contributed by atoms with Crippen LogP contribution in [-0.4, -0.2) is 11.4 Å². The van der Waals surface area contributed by atoms with Crippen LogP contribution in [0.25, 0.3) is 5.57 Å². The number of anilines is 1. The Balaban J connectivity index is 0.00000137. The van der Waals surface area contributed by atoms with Crippen LogP contribution in [0.3, 0.4) is 0 Å². The SMILES string of the molecule is C=C(CCCC)c1c(NC=O)cc[nH]c1=O.CC. The predicted octanol–water partition coefficient (Wildman–Crippen LogP) is 3.17. The largest absolute Gasteiger partial charge is 0.328 e. The van der Waals surface area contributed by atoms with Gasteiger partial charge in [0.1, 0.15) is 0 Å². The van der Waals surface area contributed by atoms with E-state index in [1.165, 1.54) is 6.20 Å². The van der Waals surface area contributed by atoms with Gasteiger partial charge in [0.15, 0.2) is 0 Å². The van der Waals surface area contributed by atoms with Crippen molar-refractivity contribution >= 4 is 17.7 Å². The Morgan fingerprint density at radius 1 is 1.50 bits per heavy atom. The topological polar surface area (TPSA) is 62.0 Å². The Bertz CT molecular complexity index is 436. The van der Waals surface area contributed by atoms with Crippen molar-refractivity contribution < 1.29 is 4.79 Å². The molecule has 0 fully saturated rings. The molecule has 2 N–H and O–H groups in total. The fourth-order valence-electron chi connectivity index (χ4n) is 1.53. The van der Waals surface area contributed by atoms with Gasteiger partial charge < -0.3 is 10.3 Å². The maximum absolute atomic E-state index is 11.6. The highest BCUT2D eigenvalue weighted by Gasteiger charge is 2.09. The molecular weight excluding hydrogens is 228 g/mol. The molecule has 1 aromatic heterocycles. The standard InChI is InChI=1S/C12H16N2O2.C2H6/c1-3-4-5-9(2)11-10(14-8-15)6-7-13-12(11)16;1-2/h6-8H,2-5H2,1H3,(H2,13,14,15,16);1-2H3. The Morgan fingerprint density at radius 2 is 2.17 bits per heavy atom. The summed E-state index contributed by atoms with van der Waals surface area (Å²) in [5.74, 6) is 0. The summed E-state index contributed by atoms with van der Waals surface area (Å²) >= 11 is 0. The van der Waals surface area contributed by atoms with Crippen LogP contribution in [-0.2, 0) is 4.79 Å². The molecule has 4 nitrogen and oxygen atoms in total. The van der Waals surface area contributed by atoms with E-state index in [0.717, 1.165) is 24.8 Å². The Hall–Kier alpha value is -1.84. The first-order valence-corrected chi connectivity index (χ1v) is 6.30. The molecule has 4 heteroatoms. The molecule has 0 aliphatic rings. The first-order chi connectivity index (χ1) is 8.70. The van der Waals surface area contributed by atoms with E-state index >= 15 is 0 Å². The monoisotopic (exact) mass is 250 g/mol. The van der Waals surface area contributed by atoms with Crippen molar-refractivity contribution in [2.45, 2.75) is 40.0 Å². The van der Waals surface area contributed by atoms with Gasteiger partial charge in [-0.25, -0.2) is 0 Å². The van der Waals surface area contributed by atoms with Gasteiger partial charge in [-0.15, -0.1) is 0 Å². The van der Waals surface area contributed by atoms with Crippen LogP contribution < -0.4 is 10.9 Å². The molecule has 0 aliphatic heterocycles. The van der Waals surface area contributed by atoms with Gasteiger partial charge in [-0.1, -0.05) is 33.8 Å². The summed E-state index contributed by atoms with van der Waals surface area (Å²) in [6.45, 7) is 9.97. The molecular formula is C14H22N2O2. The molecule has 0 saturated carbocycles. The van der Waals surface area contributed by atoms with Gasteiger partial charge in [0.05, 0.1) is 11.3 Å². The highest BCUT2D eigenvalue weighted by molar-refractivity contribution is 5.81. The lowest BCUT2D eigenvalue weighted by molar-refractivity contribution is -0.105. The number of allylic oxidation sites excluding steroid dienone is 1. The number of aromatic nitrogens is 1. The molecule has 18 heavy (non-hydrogen) atoms. The molecule has 0 bridgehead atoms. The van der Waals surface area contributed by atoms with E-state index in [4.69, 9.17) is 0 Å². The second kappa shape index (κ2) is 9.22. The number of amides is 1. The molecule has 0 radical (unpaired) electrons. The van der Waals surface area contributed by atoms with Gasteiger partial charge in [0.2, 0.25) is 6.41 Å². The summed E-state index contributed by atoms with van der Waals surface area (Å²) in [7, 11) is 0. The van der Waals surface area contributed by atoms with Crippen molar-refractivity contribution in [3.63, 3.8) is 0 Å². The van der Waals surface area contributed by atoms with Crippen molar-refractivity contribution in [1.82, 2.24) is 4.98 Å². The quantitative estimate of drug-likeness (QED) is 0.762. The zero-order chi connectivity index (χ0) is 14.0. The number of carbonyl (C=O) groups is 1. The van der Waals surface area contributed by atoms with Crippen LogP contribution in [0.4, 0.5) is 5.69 Å². The van der Waals surface area contributed by atoms with E-state index < -0.39 is 0 Å². The Morgan fingerprint density at radius 3 is 2.72 bits per heavy atom. The highest BCUT2D eigenvalue weighted by Crippen LogP contribution is 2.22. The normalized spacial score (nSPS) is 9.06. The van der Waals surface area contributed by atoms with Gasteiger partial charge >= 0.3 is 0 Å². The van der Waals surface area contributed by atoms with Crippen molar-refractivity contribution in [2.75, 3.05) is 5.32 Å². The van der Waals surface area contributed by atoms with Crippen molar-refractivity contribution in [3.8, 4) is 0 Å². The Kier molecular flexibility index (Phi) is 8.27. The van der Waals surface area contributed by atoms with Crippen molar-refractivity contribution in [3.05, 3.63) is 34.8 Å². The smallest absolute Gasteiger partial charge is 0.257 e. The molecule has 1 rings (SSSR count). The van der Waals surface area contributed by atoms with Crippen LogP contribution in [0.2, 0.25) is 0 Å². The number of nitrogens with one attached hydrogen (secondary N) is 2. The molecule has 0 atom stereocenters. The fraction of sp³-hybridized carbons (Fsp3) is 0.429. The first kappa shape index (κ1) is 16.2. The average Bonchev–Trinajstić information content (AvgIpc) is 2.39. The molecule has 100 valence electrons. The zero-order valence-corrected chi connectivity index (χ0v) is 11.4. The third-order valence-corrected chi connectivity index (χ3v) is 2.36. The third kappa shape index (κ3) is 4.57. The number of unbranched alkanes of at least 4 members (excludes halogenated alkanes) is 1. The molecule has 0 spiro atoms. The van der Waals surface area contributed by atoms with Crippen molar-refractivity contribution in [1.29, 1.82) is 0 Å². The maximum Gasteiger partial charge on any atom is 0.257 e. The second-order valence-electron chi connectivity index (χ2n) is 3.56. The predicted molar refractivity (Wildman–Crippen MR) is 76.7 cm³/mol. The van der Waals surface area contributed by atoms with E-state index in [1.54, 1.807) is 6.07 Å². The highest BCUT2D eigenvalue weighted by atomic mass is 16.1. The minimum atomic E-state index is -0.215. The molecule has 0 saturated heterocycles. The third-order valence-electron chi connectivity index (χ3n) is 2.36. The van der Waals surface area contributed by atoms with Crippen LogP contribution in [0, 0.1) is 0 Å². The lowest BCUT2D eigenvalue weighted by Crippen LogP contribution is -2.14. The summed E-state index contributed by atoms with van der Waals surface area (Å²) < 4.78 is 0. The van der Waals surface area contributed by atoms with Gasteiger partial charge in [-0.2, -0.15) is 0 Å². The molecule has 1 amide bonds. The van der Waals surface area contributed by atoms with Crippen LogP contribution in [0.5, 0.6) is 0 Å². The summed E-state index contributed by atoms with van der Waals surface area (Å²) in [4.78, 5) is 24.7. The summed E-state index contributed by atoms with van der Waals surface area (Å²) in [5, 5.41) is 2.51.